The van der Waals surface area contributed by atoms with Crippen LogP contribution in [-0.2, 0) is 9.47 Å². The van der Waals surface area contributed by atoms with Crippen LogP contribution in [0.5, 0.6) is 0 Å². The molecule has 0 aromatic heterocycles. The largest absolute Gasteiger partial charge is 0.385 e. The van der Waals surface area contributed by atoms with Gasteiger partial charge >= 0.3 is 0 Å². The van der Waals surface area contributed by atoms with Gasteiger partial charge in [0.25, 0.3) is 0 Å². The summed E-state index contributed by atoms with van der Waals surface area (Å²) in [7, 11) is 3.46. The molecular weight excluding hydrogens is 320 g/mol. The second kappa shape index (κ2) is 10.3. The first-order chi connectivity index (χ1) is 9.74. The summed E-state index contributed by atoms with van der Waals surface area (Å²) >= 11 is 3.62. The molecule has 0 bridgehead atoms. The van der Waals surface area contributed by atoms with Crippen LogP contribution in [-0.4, -0.2) is 52.0 Å². The Morgan fingerprint density at radius 2 is 1.85 bits per heavy atom. The minimum absolute atomic E-state index is 0.192. The molecule has 1 aromatic rings. The lowest BCUT2D eigenvalue weighted by Crippen LogP contribution is -2.37. The quantitative estimate of drug-likeness (QED) is 0.662. The lowest BCUT2D eigenvalue weighted by atomic mass is 10.1. The molecule has 5 heteroatoms. The standard InChI is InChI=1S/C15H25BrN2O2/c1-19-10-5-8-18(9-11-20-2)15(12-17)13-6-3-4-7-14(13)16/h3-4,6-7,15H,5,8-12,17H2,1-2H3. The van der Waals surface area contributed by atoms with Crippen molar-refractivity contribution in [2.24, 2.45) is 5.73 Å². The van der Waals surface area contributed by atoms with E-state index in [1.807, 2.05) is 12.1 Å². The molecule has 114 valence electrons. The van der Waals surface area contributed by atoms with E-state index < -0.39 is 0 Å². The maximum atomic E-state index is 6.02. The van der Waals surface area contributed by atoms with Crippen LogP contribution in [0.25, 0.3) is 0 Å². The normalized spacial score (nSPS) is 12.8. The molecule has 4 nitrogen and oxygen atoms in total. The first-order valence-corrected chi connectivity index (χ1v) is 7.70. The zero-order valence-corrected chi connectivity index (χ0v) is 13.9. The lowest BCUT2D eigenvalue weighted by Gasteiger charge is -2.31. The van der Waals surface area contributed by atoms with Crippen molar-refractivity contribution < 1.29 is 9.47 Å². The molecule has 0 aliphatic carbocycles. The van der Waals surface area contributed by atoms with E-state index >= 15 is 0 Å². The molecule has 1 unspecified atom stereocenters. The van der Waals surface area contributed by atoms with E-state index in [-0.39, 0.29) is 6.04 Å². The molecule has 0 aliphatic heterocycles. The van der Waals surface area contributed by atoms with E-state index in [0.717, 1.165) is 30.6 Å². The molecule has 0 saturated carbocycles. The number of nitrogens with two attached hydrogens (primary N) is 1. The Morgan fingerprint density at radius 1 is 1.15 bits per heavy atom. The average Bonchev–Trinajstić information content (AvgIpc) is 2.46. The first-order valence-electron chi connectivity index (χ1n) is 6.91. The predicted molar refractivity (Wildman–Crippen MR) is 85.9 cm³/mol. The summed E-state index contributed by atoms with van der Waals surface area (Å²) in [6, 6.07) is 8.44. The van der Waals surface area contributed by atoms with Gasteiger partial charge in [0.2, 0.25) is 0 Å². The molecule has 0 fully saturated rings. The van der Waals surface area contributed by atoms with Gasteiger partial charge in [-0.15, -0.1) is 0 Å². The fourth-order valence-electron chi connectivity index (χ4n) is 2.26. The highest BCUT2D eigenvalue weighted by atomic mass is 79.9. The Bertz CT molecular complexity index is 377. The molecule has 1 aromatic carbocycles. The molecule has 0 heterocycles. The summed E-state index contributed by atoms with van der Waals surface area (Å²) in [6.07, 6.45) is 0.987. The van der Waals surface area contributed by atoms with Crippen molar-refractivity contribution in [1.29, 1.82) is 0 Å². The lowest BCUT2D eigenvalue weighted by molar-refractivity contribution is 0.108. The van der Waals surface area contributed by atoms with Crippen LogP contribution in [0.1, 0.15) is 18.0 Å². The van der Waals surface area contributed by atoms with E-state index in [9.17, 15) is 0 Å². The van der Waals surface area contributed by atoms with E-state index in [1.165, 1.54) is 5.56 Å². The maximum absolute atomic E-state index is 6.02. The molecule has 0 amide bonds. The molecule has 0 saturated heterocycles. The topological polar surface area (TPSA) is 47.7 Å². The Balaban J connectivity index is 2.80. The van der Waals surface area contributed by atoms with Crippen molar-refractivity contribution in [2.75, 3.05) is 47.1 Å². The molecule has 0 spiro atoms. The van der Waals surface area contributed by atoms with Crippen LogP contribution >= 0.6 is 15.9 Å². The van der Waals surface area contributed by atoms with Gasteiger partial charge in [-0.25, -0.2) is 0 Å². The molecule has 2 N–H and O–H groups in total. The van der Waals surface area contributed by atoms with Crippen molar-refractivity contribution >= 4 is 15.9 Å². The minimum atomic E-state index is 0.192. The number of nitrogens with zero attached hydrogens (tertiary/aromatic N) is 1. The van der Waals surface area contributed by atoms with Gasteiger partial charge in [-0.3, -0.25) is 4.90 Å². The second-order valence-corrected chi connectivity index (χ2v) is 5.50. The first kappa shape index (κ1) is 17.6. The summed E-state index contributed by atoms with van der Waals surface area (Å²) in [4.78, 5) is 2.36. The monoisotopic (exact) mass is 344 g/mol. The highest BCUT2D eigenvalue weighted by molar-refractivity contribution is 9.10. The summed E-state index contributed by atoms with van der Waals surface area (Å²) in [6.45, 7) is 3.85. The van der Waals surface area contributed by atoms with Gasteiger partial charge in [-0.1, -0.05) is 34.1 Å². The van der Waals surface area contributed by atoms with Crippen LogP contribution in [0.15, 0.2) is 28.7 Å². The van der Waals surface area contributed by atoms with Gasteiger partial charge < -0.3 is 15.2 Å². The summed E-state index contributed by atoms with van der Waals surface area (Å²) < 4.78 is 11.5. The van der Waals surface area contributed by atoms with Crippen molar-refractivity contribution in [3.63, 3.8) is 0 Å². The van der Waals surface area contributed by atoms with Gasteiger partial charge in [0, 0.05) is 51.0 Å². The third-order valence-corrected chi connectivity index (χ3v) is 4.03. The fourth-order valence-corrected chi connectivity index (χ4v) is 2.81. The van der Waals surface area contributed by atoms with Crippen molar-refractivity contribution in [3.8, 4) is 0 Å². The summed E-state index contributed by atoms with van der Waals surface area (Å²) in [5, 5.41) is 0. The second-order valence-electron chi connectivity index (χ2n) is 4.65. The number of ether oxygens (including phenoxy) is 2. The summed E-state index contributed by atoms with van der Waals surface area (Å²) in [5.41, 5.74) is 7.24. The predicted octanol–water partition coefficient (Wildman–Crippen LogP) is 2.43. The Labute approximate surface area is 130 Å². The number of halogens is 1. The Kier molecular flexibility index (Phi) is 9.05. The van der Waals surface area contributed by atoms with Gasteiger partial charge in [0.05, 0.1) is 6.61 Å². The zero-order chi connectivity index (χ0) is 14.8. The van der Waals surface area contributed by atoms with E-state index in [4.69, 9.17) is 15.2 Å². The highest BCUT2D eigenvalue weighted by Gasteiger charge is 2.20. The molecule has 20 heavy (non-hydrogen) atoms. The van der Waals surface area contributed by atoms with Crippen molar-refractivity contribution in [2.45, 2.75) is 12.5 Å². The van der Waals surface area contributed by atoms with Gasteiger partial charge in [0.1, 0.15) is 0 Å². The summed E-state index contributed by atoms with van der Waals surface area (Å²) in [5.74, 6) is 0. The number of hydrogen-bond acceptors (Lipinski definition) is 4. The smallest absolute Gasteiger partial charge is 0.0589 e. The van der Waals surface area contributed by atoms with Gasteiger partial charge in [0.15, 0.2) is 0 Å². The maximum Gasteiger partial charge on any atom is 0.0589 e. The van der Waals surface area contributed by atoms with Gasteiger partial charge in [-0.2, -0.15) is 0 Å². The number of hydrogen-bond donors (Lipinski definition) is 1. The molecule has 0 aliphatic rings. The molecule has 1 rings (SSSR count). The van der Waals surface area contributed by atoms with E-state index in [0.29, 0.717) is 13.2 Å². The molecule has 1 atom stereocenters. The third kappa shape index (κ3) is 5.50. The van der Waals surface area contributed by atoms with Crippen LogP contribution in [0.3, 0.4) is 0 Å². The van der Waals surface area contributed by atoms with Crippen LogP contribution in [0.2, 0.25) is 0 Å². The van der Waals surface area contributed by atoms with Crippen LogP contribution in [0, 0.1) is 0 Å². The van der Waals surface area contributed by atoms with Crippen LogP contribution < -0.4 is 5.73 Å². The highest BCUT2D eigenvalue weighted by Crippen LogP contribution is 2.27. The van der Waals surface area contributed by atoms with Crippen molar-refractivity contribution in [1.82, 2.24) is 4.90 Å². The van der Waals surface area contributed by atoms with E-state index in [2.05, 4.69) is 33.0 Å². The van der Waals surface area contributed by atoms with Gasteiger partial charge in [-0.05, 0) is 18.1 Å². The molecular formula is C15H25BrN2O2. The van der Waals surface area contributed by atoms with Crippen molar-refractivity contribution in [3.05, 3.63) is 34.3 Å². The number of rotatable bonds is 10. The minimum Gasteiger partial charge on any atom is -0.385 e. The molecule has 0 radical (unpaired) electrons. The van der Waals surface area contributed by atoms with E-state index in [1.54, 1.807) is 14.2 Å². The third-order valence-electron chi connectivity index (χ3n) is 3.30. The number of methoxy groups -OCH3 is 2. The van der Waals surface area contributed by atoms with Crippen LogP contribution in [0.4, 0.5) is 0 Å². The SMILES string of the molecule is COCCCN(CCOC)C(CN)c1ccccc1Br. The Hall–Kier alpha value is -0.460. The number of benzene rings is 1. The fraction of sp³-hybridized carbons (Fsp3) is 0.600. The average molecular weight is 345 g/mol. The Morgan fingerprint density at radius 3 is 2.45 bits per heavy atom. The zero-order valence-electron chi connectivity index (χ0n) is 12.3.